The number of rotatable bonds is 2. The molecule has 0 fully saturated rings. The molecule has 1 amide bonds. The smallest absolute Gasteiger partial charge is 0.269 e. The minimum atomic E-state index is -1.18. The largest absolute Gasteiger partial charge is 0.467 e. The molecule has 0 aromatic carbocycles. The third-order valence-corrected chi connectivity index (χ3v) is 2.93. The Balaban J connectivity index is 2.17. The fourth-order valence-corrected chi connectivity index (χ4v) is 1.72. The Morgan fingerprint density at radius 2 is 2.27 bits per heavy atom. The standard InChI is InChI=1S/C9H7Cl2NO3/c10-6-7(11)9(14)12(8(6)13)4-5-2-1-3-15-5/h1-3,8,13H,4H2. The molecule has 0 aliphatic carbocycles. The van der Waals surface area contributed by atoms with Gasteiger partial charge in [-0.05, 0) is 12.1 Å². The van der Waals surface area contributed by atoms with E-state index in [-0.39, 0.29) is 16.6 Å². The number of aliphatic hydroxyl groups is 1. The molecule has 0 bridgehead atoms. The lowest BCUT2D eigenvalue weighted by Crippen LogP contribution is -2.34. The summed E-state index contributed by atoms with van der Waals surface area (Å²) in [5, 5.41) is 9.40. The summed E-state index contributed by atoms with van der Waals surface area (Å²) in [7, 11) is 0. The normalized spacial score (nSPS) is 21.7. The molecule has 0 saturated carbocycles. The molecule has 1 aliphatic rings. The Bertz CT molecular complexity index is 413. The first kappa shape index (κ1) is 10.5. The zero-order valence-corrected chi connectivity index (χ0v) is 9.00. The molecule has 1 aliphatic heterocycles. The molecule has 1 unspecified atom stereocenters. The molecule has 1 aromatic rings. The van der Waals surface area contributed by atoms with E-state index in [4.69, 9.17) is 27.6 Å². The van der Waals surface area contributed by atoms with Crippen molar-refractivity contribution >= 4 is 29.1 Å². The van der Waals surface area contributed by atoms with E-state index in [1.54, 1.807) is 12.1 Å². The van der Waals surface area contributed by atoms with Crippen molar-refractivity contribution in [1.82, 2.24) is 4.90 Å². The molecule has 1 N–H and O–H groups in total. The average Bonchev–Trinajstić information content (AvgIpc) is 2.79. The highest BCUT2D eigenvalue weighted by atomic mass is 35.5. The summed E-state index contributed by atoms with van der Waals surface area (Å²) >= 11 is 11.3. The fourth-order valence-electron chi connectivity index (χ4n) is 1.32. The second-order valence-electron chi connectivity index (χ2n) is 3.05. The number of amides is 1. The van der Waals surface area contributed by atoms with Crippen LogP contribution < -0.4 is 0 Å². The average molecular weight is 248 g/mol. The number of halogens is 2. The summed E-state index contributed by atoms with van der Waals surface area (Å²) in [6, 6.07) is 3.39. The Morgan fingerprint density at radius 3 is 2.73 bits per heavy atom. The number of carbonyl (C=O) groups excluding carboxylic acids is 1. The van der Waals surface area contributed by atoms with Crippen LogP contribution in [-0.2, 0) is 11.3 Å². The van der Waals surface area contributed by atoms with Gasteiger partial charge in [0.15, 0.2) is 6.23 Å². The lowest BCUT2D eigenvalue weighted by atomic mass is 10.4. The Hall–Kier alpha value is -0.970. The highest BCUT2D eigenvalue weighted by molar-refractivity contribution is 6.49. The summed E-state index contributed by atoms with van der Waals surface area (Å²) in [4.78, 5) is 12.6. The van der Waals surface area contributed by atoms with Crippen LogP contribution in [0.5, 0.6) is 0 Å². The van der Waals surface area contributed by atoms with Gasteiger partial charge in [0.05, 0.1) is 17.8 Å². The van der Waals surface area contributed by atoms with Crippen molar-refractivity contribution in [3.05, 3.63) is 34.2 Å². The van der Waals surface area contributed by atoms with Gasteiger partial charge in [-0.2, -0.15) is 0 Å². The van der Waals surface area contributed by atoms with Gasteiger partial charge in [-0.3, -0.25) is 9.69 Å². The van der Waals surface area contributed by atoms with Crippen LogP contribution in [0, 0.1) is 0 Å². The number of furan rings is 1. The van der Waals surface area contributed by atoms with Crippen molar-refractivity contribution in [1.29, 1.82) is 0 Å². The monoisotopic (exact) mass is 247 g/mol. The number of hydrogen-bond donors (Lipinski definition) is 1. The zero-order valence-electron chi connectivity index (χ0n) is 7.48. The fraction of sp³-hybridized carbons (Fsp3) is 0.222. The first-order valence-electron chi connectivity index (χ1n) is 4.18. The second kappa shape index (κ2) is 3.89. The first-order chi connectivity index (χ1) is 7.11. The molecule has 2 rings (SSSR count). The van der Waals surface area contributed by atoms with Gasteiger partial charge in [0.2, 0.25) is 0 Å². The summed E-state index contributed by atoms with van der Waals surface area (Å²) < 4.78 is 5.05. The van der Waals surface area contributed by atoms with Crippen LogP contribution in [0.4, 0.5) is 0 Å². The van der Waals surface area contributed by atoms with Gasteiger partial charge in [-0.1, -0.05) is 23.2 Å². The van der Waals surface area contributed by atoms with E-state index >= 15 is 0 Å². The minimum Gasteiger partial charge on any atom is -0.467 e. The Labute approximate surface area is 95.7 Å². The van der Waals surface area contributed by atoms with Gasteiger partial charge in [-0.25, -0.2) is 0 Å². The van der Waals surface area contributed by atoms with Gasteiger partial charge < -0.3 is 9.52 Å². The Kier molecular flexibility index (Phi) is 2.73. The number of aliphatic hydroxyl groups excluding tert-OH is 1. The van der Waals surface area contributed by atoms with E-state index < -0.39 is 12.1 Å². The maximum Gasteiger partial charge on any atom is 0.269 e. The molecule has 1 aromatic heterocycles. The molecule has 15 heavy (non-hydrogen) atoms. The third-order valence-electron chi connectivity index (χ3n) is 2.09. The van der Waals surface area contributed by atoms with Gasteiger partial charge in [0.25, 0.3) is 5.91 Å². The van der Waals surface area contributed by atoms with Crippen LogP contribution in [0.2, 0.25) is 0 Å². The number of nitrogens with zero attached hydrogens (tertiary/aromatic N) is 1. The molecule has 2 heterocycles. The predicted octanol–water partition coefficient (Wildman–Crippen LogP) is 1.63. The third kappa shape index (κ3) is 1.76. The maximum absolute atomic E-state index is 11.5. The van der Waals surface area contributed by atoms with Crippen molar-refractivity contribution in [3.8, 4) is 0 Å². The molecule has 80 valence electrons. The maximum atomic E-state index is 11.5. The van der Waals surface area contributed by atoms with Crippen molar-refractivity contribution in [3.63, 3.8) is 0 Å². The molecular weight excluding hydrogens is 241 g/mol. The minimum absolute atomic E-state index is 0.0479. The number of carbonyl (C=O) groups is 1. The first-order valence-corrected chi connectivity index (χ1v) is 4.93. The van der Waals surface area contributed by atoms with Gasteiger partial charge >= 0.3 is 0 Å². The van der Waals surface area contributed by atoms with Gasteiger partial charge in [0, 0.05) is 0 Å². The highest BCUT2D eigenvalue weighted by Gasteiger charge is 2.36. The molecule has 6 heteroatoms. The van der Waals surface area contributed by atoms with E-state index in [0.717, 1.165) is 4.90 Å². The van der Waals surface area contributed by atoms with Crippen LogP contribution in [0.25, 0.3) is 0 Å². The highest BCUT2D eigenvalue weighted by Crippen LogP contribution is 2.30. The van der Waals surface area contributed by atoms with Crippen molar-refractivity contribution in [2.45, 2.75) is 12.8 Å². The summed E-state index contributed by atoms with van der Waals surface area (Å²) in [5.74, 6) is 0.0591. The zero-order chi connectivity index (χ0) is 11.0. The quantitative estimate of drug-likeness (QED) is 0.865. The summed E-state index contributed by atoms with van der Waals surface area (Å²) in [5.41, 5.74) is 0. The molecule has 4 nitrogen and oxygen atoms in total. The van der Waals surface area contributed by atoms with Crippen molar-refractivity contribution in [2.24, 2.45) is 0 Å². The molecule has 0 radical (unpaired) electrons. The lowest BCUT2D eigenvalue weighted by Gasteiger charge is -2.19. The van der Waals surface area contributed by atoms with Crippen LogP contribution >= 0.6 is 23.2 Å². The second-order valence-corrected chi connectivity index (χ2v) is 3.83. The van der Waals surface area contributed by atoms with E-state index in [1.165, 1.54) is 6.26 Å². The topological polar surface area (TPSA) is 53.7 Å². The molecule has 0 saturated heterocycles. The van der Waals surface area contributed by atoms with Crippen LogP contribution in [0.1, 0.15) is 5.76 Å². The predicted molar refractivity (Wildman–Crippen MR) is 54.0 cm³/mol. The summed E-state index contributed by atoms with van der Waals surface area (Å²) in [6.07, 6.45) is 0.301. The Morgan fingerprint density at radius 1 is 1.53 bits per heavy atom. The van der Waals surface area contributed by atoms with Crippen LogP contribution in [-0.4, -0.2) is 22.1 Å². The van der Waals surface area contributed by atoms with Gasteiger partial charge in [-0.15, -0.1) is 0 Å². The van der Waals surface area contributed by atoms with E-state index in [9.17, 15) is 9.90 Å². The van der Waals surface area contributed by atoms with Crippen molar-refractivity contribution in [2.75, 3.05) is 0 Å². The van der Waals surface area contributed by atoms with Crippen molar-refractivity contribution < 1.29 is 14.3 Å². The SMILES string of the molecule is O=C1C(Cl)=C(Cl)C(O)N1Cc1ccco1. The van der Waals surface area contributed by atoms with Crippen LogP contribution in [0.3, 0.4) is 0 Å². The van der Waals surface area contributed by atoms with E-state index in [2.05, 4.69) is 0 Å². The molecular formula is C9H7Cl2NO3. The van der Waals surface area contributed by atoms with E-state index in [0.29, 0.717) is 5.76 Å². The lowest BCUT2D eigenvalue weighted by molar-refractivity contribution is -0.132. The van der Waals surface area contributed by atoms with Crippen LogP contribution in [0.15, 0.2) is 32.9 Å². The summed E-state index contributed by atoms with van der Waals surface area (Å²) in [6.45, 7) is 0.138. The van der Waals surface area contributed by atoms with E-state index in [1.807, 2.05) is 0 Å². The molecule has 1 atom stereocenters. The molecule has 0 spiro atoms. The number of hydrogen-bond acceptors (Lipinski definition) is 3. The van der Waals surface area contributed by atoms with Gasteiger partial charge in [0.1, 0.15) is 10.8 Å².